The minimum atomic E-state index is -0.0152. The summed E-state index contributed by atoms with van der Waals surface area (Å²) in [6, 6.07) is 7.91. The van der Waals surface area contributed by atoms with Gasteiger partial charge in [-0.1, -0.05) is 30.7 Å². The summed E-state index contributed by atoms with van der Waals surface area (Å²) >= 11 is 5.91. The summed E-state index contributed by atoms with van der Waals surface area (Å²) in [6.45, 7) is 2.64. The summed E-state index contributed by atoms with van der Waals surface area (Å²) in [4.78, 5) is 12.1. The van der Waals surface area contributed by atoms with Crippen LogP contribution in [0, 0.1) is 11.8 Å². The lowest BCUT2D eigenvalue weighted by Crippen LogP contribution is -2.37. The molecule has 0 heterocycles. The van der Waals surface area contributed by atoms with Crippen LogP contribution >= 0.6 is 24.0 Å². The molecular weight excluding hydrogens is 295 g/mol. The van der Waals surface area contributed by atoms with Gasteiger partial charge in [0.05, 0.1) is 6.04 Å². The Morgan fingerprint density at radius 2 is 1.95 bits per heavy atom. The van der Waals surface area contributed by atoms with E-state index in [0.29, 0.717) is 12.5 Å². The normalized spacial score (nSPS) is 16.9. The van der Waals surface area contributed by atoms with Gasteiger partial charge in [0.25, 0.3) is 0 Å². The standard InChI is InChI=1S/C15H21ClN2O.ClH/c1-10(9-17-2)15(19)18-14(11-3-4-11)12-5-7-13(16)8-6-12;/h5-8,10-11,14,17H,3-4,9H2,1-2H3,(H,18,19);1H. The van der Waals surface area contributed by atoms with Crippen molar-refractivity contribution in [3.8, 4) is 0 Å². The first-order valence-electron chi connectivity index (χ1n) is 6.82. The Morgan fingerprint density at radius 3 is 2.45 bits per heavy atom. The van der Waals surface area contributed by atoms with Crippen molar-refractivity contribution in [2.45, 2.75) is 25.8 Å². The molecule has 0 aliphatic heterocycles. The average molecular weight is 317 g/mol. The van der Waals surface area contributed by atoms with Crippen LogP contribution in [-0.2, 0) is 4.79 Å². The number of halogens is 2. The van der Waals surface area contributed by atoms with Gasteiger partial charge in [-0.05, 0) is 43.5 Å². The second kappa shape index (κ2) is 7.87. The first-order chi connectivity index (χ1) is 9.11. The molecule has 5 heteroatoms. The minimum absolute atomic E-state index is 0. The van der Waals surface area contributed by atoms with Gasteiger partial charge < -0.3 is 10.6 Å². The summed E-state index contributed by atoms with van der Waals surface area (Å²) < 4.78 is 0. The van der Waals surface area contributed by atoms with Crippen LogP contribution in [0.5, 0.6) is 0 Å². The van der Waals surface area contributed by atoms with Crippen LogP contribution in [0.25, 0.3) is 0 Å². The van der Waals surface area contributed by atoms with E-state index >= 15 is 0 Å². The highest BCUT2D eigenvalue weighted by Crippen LogP contribution is 2.41. The van der Waals surface area contributed by atoms with Crippen LogP contribution < -0.4 is 10.6 Å². The van der Waals surface area contributed by atoms with Crippen LogP contribution in [-0.4, -0.2) is 19.5 Å². The largest absolute Gasteiger partial charge is 0.349 e. The smallest absolute Gasteiger partial charge is 0.224 e. The Morgan fingerprint density at radius 1 is 1.35 bits per heavy atom. The summed E-state index contributed by atoms with van der Waals surface area (Å²) in [6.07, 6.45) is 2.38. The van der Waals surface area contributed by atoms with Crippen LogP contribution in [0.4, 0.5) is 0 Å². The van der Waals surface area contributed by atoms with Crippen molar-refractivity contribution >= 4 is 29.9 Å². The maximum Gasteiger partial charge on any atom is 0.224 e. The van der Waals surface area contributed by atoms with Crippen LogP contribution in [0.3, 0.4) is 0 Å². The van der Waals surface area contributed by atoms with E-state index in [-0.39, 0.29) is 30.3 Å². The highest BCUT2D eigenvalue weighted by Gasteiger charge is 2.34. The molecule has 3 nitrogen and oxygen atoms in total. The third-order valence-corrected chi connectivity index (χ3v) is 3.83. The molecule has 112 valence electrons. The molecule has 1 fully saturated rings. The van der Waals surface area contributed by atoms with E-state index in [9.17, 15) is 4.79 Å². The number of carbonyl (C=O) groups is 1. The monoisotopic (exact) mass is 316 g/mol. The van der Waals surface area contributed by atoms with Gasteiger partial charge in [-0.25, -0.2) is 0 Å². The molecule has 0 radical (unpaired) electrons. The summed E-state index contributed by atoms with van der Waals surface area (Å²) in [5.41, 5.74) is 1.15. The van der Waals surface area contributed by atoms with E-state index in [0.717, 1.165) is 10.6 Å². The third kappa shape index (κ3) is 4.65. The lowest BCUT2D eigenvalue weighted by Gasteiger charge is -2.21. The van der Waals surface area contributed by atoms with Crippen molar-refractivity contribution in [2.75, 3.05) is 13.6 Å². The molecule has 1 saturated carbocycles. The van der Waals surface area contributed by atoms with Crippen LogP contribution in [0.2, 0.25) is 5.02 Å². The van der Waals surface area contributed by atoms with E-state index in [1.807, 2.05) is 38.2 Å². The zero-order chi connectivity index (χ0) is 13.8. The zero-order valence-corrected chi connectivity index (χ0v) is 13.4. The highest BCUT2D eigenvalue weighted by atomic mass is 35.5. The molecule has 2 rings (SSSR count). The fraction of sp³-hybridized carbons (Fsp3) is 0.533. The van der Waals surface area contributed by atoms with Crippen molar-refractivity contribution in [3.05, 3.63) is 34.9 Å². The summed E-state index contributed by atoms with van der Waals surface area (Å²) in [5, 5.41) is 6.94. The molecule has 1 aliphatic rings. The molecule has 0 spiro atoms. The number of amides is 1. The molecule has 2 unspecified atom stereocenters. The van der Waals surface area contributed by atoms with Crippen molar-refractivity contribution in [3.63, 3.8) is 0 Å². The first-order valence-corrected chi connectivity index (χ1v) is 7.20. The van der Waals surface area contributed by atoms with E-state index < -0.39 is 0 Å². The van der Waals surface area contributed by atoms with Gasteiger partial charge in [0, 0.05) is 17.5 Å². The Hall–Kier alpha value is -0.770. The van der Waals surface area contributed by atoms with E-state index in [4.69, 9.17) is 11.6 Å². The van der Waals surface area contributed by atoms with E-state index in [2.05, 4.69) is 10.6 Å². The number of benzene rings is 1. The Labute approximate surface area is 131 Å². The number of nitrogens with one attached hydrogen (secondary N) is 2. The van der Waals surface area contributed by atoms with Gasteiger partial charge in [-0.2, -0.15) is 0 Å². The second-order valence-corrected chi connectivity index (χ2v) is 5.77. The predicted molar refractivity (Wildman–Crippen MR) is 85.4 cm³/mol. The topological polar surface area (TPSA) is 41.1 Å². The van der Waals surface area contributed by atoms with Gasteiger partial charge >= 0.3 is 0 Å². The van der Waals surface area contributed by atoms with Gasteiger partial charge in [-0.3, -0.25) is 4.79 Å². The maximum atomic E-state index is 12.1. The molecule has 1 amide bonds. The molecule has 0 aromatic heterocycles. The van der Waals surface area contributed by atoms with Gasteiger partial charge in [-0.15, -0.1) is 12.4 Å². The molecule has 1 aromatic rings. The fourth-order valence-corrected chi connectivity index (χ4v) is 2.39. The fourth-order valence-electron chi connectivity index (χ4n) is 2.27. The first kappa shape index (κ1) is 17.3. The van der Waals surface area contributed by atoms with Crippen molar-refractivity contribution in [2.24, 2.45) is 11.8 Å². The van der Waals surface area contributed by atoms with Crippen molar-refractivity contribution < 1.29 is 4.79 Å². The Kier molecular flexibility index (Phi) is 6.80. The van der Waals surface area contributed by atoms with Crippen LogP contribution in [0.15, 0.2) is 24.3 Å². The molecule has 0 saturated heterocycles. The molecular formula is C15H22Cl2N2O. The Balaban J connectivity index is 0.00000200. The summed E-state index contributed by atoms with van der Waals surface area (Å²) in [5.74, 6) is 0.673. The van der Waals surface area contributed by atoms with Crippen molar-refractivity contribution in [1.82, 2.24) is 10.6 Å². The van der Waals surface area contributed by atoms with Gasteiger partial charge in [0.1, 0.15) is 0 Å². The molecule has 2 N–H and O–H groups in total. The number of carbonyl (C=O) groups excluding carboxylic acids is 1. The predicted octanol–water partition coefficient (Wildman–Crippen LogP) is 3.18. The quantitative estimate of drug-likeness (QED) is 0.846. The maximum absolute atomic E-state index is 12.1. The number of hydrogen-bond acceptors (Lipinski definition) is 2. The number of rotatable bonds is 6. The highest BCUT2D eigenvalue weighted by molar-refractivity contribution is 6.30. The minimum Gasteiger partial charge on any atom is -0.349 e. The molecule has 1 aliphatic carbocycles. The Bertz CT molecular complexity index is 432. The average Bonchev–Trinajstić information content (AvgIpc) is 3.21. The summed E-state index contributed by atoms with van der Waals surface area (Å²) in [7, 11) is 1.86. The molecule has 1 aromatic carbocycles. The van der Waals surface area contributed by atoms with Crippen LogP contribution in [0.1, 0.15) is 31.4 Å². The van der Waals surface area contributed by atoms with Gasteiger partial charge in [0.15, 0.2) is 0 Å². The lowest BCUT2D eigenvalue weighted by molar-refractivity contribution is -0.125. The molecule has 2 atom stereocenters. The number of hydrogen-bond donors (Lipinski definition) is 2. The second-order valence-electron chi connectivity index (χ2n) is 5.33. The third-order valence-electron chi connectivity index (χ3n) is 3.58. The SMILES string of the molecule is CNCC(C)C(=O)NC(c1ccc(Cl)cc1)C1CC1.Cl. The van der Waals surface area contributed by atoms with Crippen molar-refractivity contribution in [1.29, 1.82) is 0 Å². The van der Waals surface area contributed by atoms with Gasteiger partial charge in [0.2, 0.25) is 5.91 Å². The zero-order valence-electron chi connectivity index (χ0n) is 11.9. The molecule has 20 heavy (non-hydrogen) atoms. The molecule has 0 bridgehead atoms. The van der Waals surface area contributed by atoms with E-state index in [1.165, 1.54) is 12.8 Å². The van der Waals surface area contributed by atoms with E-state index in [1.54, 1.807) is 0 Å². The lowest BCUT2D eigenvalue weighted by atomic mass is 10.0.